The van der Waals surface area contributed by atoms with Gasteiger partial charge in [-0.3, -0.25) is 9.36 Å². The van der Waals surface area contributed by atoms with Crippen LogP contribution in [0.3, 0.4) is 0 Å². The summed E-state index contributed by atoms with van der Waals surface area (Å²) < 4.78 is 23.4. The van der Waals surface area contributed by atoms with Crippen molar-refractivity contribution >= 4 is 13.7 Å². The summed E-state index contributed by atoms with van der Waals surface area (Å²) in [6.07, 6.45) is 81.0. The molecule has 0 aliphatic heterocycles. The van der Waals surface area contributed by atoms with E-state index in [0.29, 0.717) is 17.4 Å². The summed E-state index contributed by atoms with van der Waals surface area (Å²) in [4.78, 5) is 25.6. The number of phosphoric ester groups is 1. The molecule has 0 bridgehead atoms. The van der Waals surface area contributed by atoms with Crippen molar-refractivity contribution < 1.29 is 32.9 Å². The Morgan fingerprint density at radius 3 is 1.17 bits per heavy atom. The number of nitrogens with one attached hydrogen (secondary N) is 1. The number of quaternary nitrogens is 1. The van der Waals surface area contributed by atoms with E-state index >= 15 is 0 Å². The van der Waals surface area contributed by atoms with Gasteiger partial charge >= 0.3 is 0 Å². The summed E-state index contributed by atoms with van der Waals surface area (Å²) in [7, 11) is 1.26. The zero-order chi connectivity index (χ0) is 55.6. The van der Waals surface area contributed by atoms with Gasteiger partial charge < -0.3 is 28.8 Å². The van der Waals surface area contributed by atoms with Crippen LogP contribution in [0, 0.1) is 0 Å². The van der Waals surface area contributed by atoms with E-state index < -0.39 is 20.0 Å². The number of hydrogen-bond acceptors (Lipinski definition) is 6. The van der Waals surface area contributed by atoms with Gasteiger partial charge in [0.2, 0.25) is 5.91 Å². The van der Waals surface area contributed by atoms with Crippen molar-refractivity contribution in [2.24, 2.45) is 0 Å². The number of nitrogens with zero attached hydrogens (tertiary/aromatic N) is 1. The number of carbonyl (C=O) groups excluding carboxylic acids is 1. The maximum Gasteiger partial charge on any atom is 0.268 e. The van der Waals surface area contributed by atoms with E-state index in [1.807, 2.05) is 27.2 Å². The molecular weight excluding hydrogens is 960 g/mol. The minimum absolute atomic E-state index is 0.00304. The van der Waals surface area contributed by atoms with Gasteiger partial charge in [0.25, 0.3) is 7.82 Å². The molecule has 442 valence electrons. The van der Waals surface area contributed by atoms with Crippen LogP contribution in [-0.4, -0.2) is 68.5 Å². The molecule has 0 aliphatic carbocycles. The number of aliphatic hydroxyl groups is 1. The largest absolute Gasteiger partial charge is 0.756 e. The molecule has 2 N–H and O–H groups in total. The first-order valence-electron chi connectivity index (χ1n) is 31.9. The third-order valence-corrected chi connectivity index (χ3v) is 15.1. The predicted octanol–water partition coefficient (Wildman–Crippen LogP) is 19.4. The van der Waals surface area contributed by atoms with Crippen LogP contribution in [0.1, 0.15) is 284 Å². The van der Waals surface area contributed by atoms with Crippen molar-refractivity contribution in [3.63, 3.8) is 0 Å². The number of amides is 1. The average molecular weight is 1080 g/mol. The molecule has 0 aliphatic rings. The van der Waals surface area contributed by atoms with Crippen molar-refractivity contribution in [3.05, 3.63) is 85.1 Å². The fourth-order valence-electron chi connectivity index (χ4n) is 9.16. The molecule has 0 aromatic carbocycles. The molecule has 8 nitrogen and oxygen atoms in total. The minimum Gasteiger partial charge on any atom is -0.756 e. The first kappa shape index (κ1) is 73.7. The van der Waals surface area contributed by atoms with Crippen molar-refractivity contribution in [2.75, 3.05) is 40.9 Å². The van der Waals surface area contributed by atoms with Gasteiger partial charge in [0, 0.05) is 6.42 Å². The second-order valence-corrected chi connectivity index (χ2v) is 24.1. The van der Waals surface area contributed by atoms with Crippen LogP contribution in [0.2, 0.25) is 0 Å². The van der Waals surface area contributed by atoms with Crippen molar-refractivity contribution in [1.82, 2.24) is 5.32 Å². The lowest BCUT2D eigenvalue weighted by molar-refractivity contribution is -0.870. The Kier molecular flexibility index (Phi) is 55.6. The van der Waals surface area contributed by atoms with Crippen LogP contribution >= 0.6 is 7.82 Å². The van der Waals surface area contributed by atoms with Gasteiger partial charge in [-0.2, -0.15) is 0 Å². The second kappa shape index (κ2) is 57.4. The molecule has 9 heteroatoms. The Morgan fingerprint density at radius 1 is 0.474 bits per heavy atom. The number of phosphoric acid groups is 1. The van der Waals surface area contributed by atoms with E-state index in [-0.39, 0.29) is 19.1 Å². The molecule has 3 unspecified atom stereocenters. The van der Waals surface area contributed by atoms with Crippen LogP contribution < -0.4 is 10.2 Å². The van der Waals surface area contributed by atoms with Gasteiger partial charge in [-0.05, 0) is 70.6 Å². The molecule has 3 atom stereocenters. The molecule has 0 saturated heterocycles. The van der Waals surface area contributed by atoms with Crippen LogP contribution in [0.5, 0.6) is 0 Å². The van der Waals surface area contributed by atoms with Crippen LogP contribution in [-0.2, 0) is 18.4 Å². The number of unbranched alkanes of at least 4 members (excludes halogenated alkanes) is 33. The average Bonchev–Trinajstić information content (AvgIpc) is 3.38. The van der Waals surface area contributed by atoms with Gasteiger partial charge in [0.1, 0.15) is 13.2 Å². The van der Waals surface area contributed by atoms with Crippen LogP contribution in [0.25, 0.3) is 0 Å². The number of likely N-dealkylation sites (N-methyl/N-ethyl adjacent to an activating group) is 1. The molecular formula is C67H123N2O6P. The monoisotopic (exact) mass is 1080 g/mol. The summed E-state index contributed by atoms with van der Waals surface area (Å²) in [6.45, 7) is 4.56. The first-order chi connectivity index (χ1) is 37.0. The molecule has 0 heterocycles. The first-order valence-corrected chi connectivity index (χ1v) is 33.4. The molecule has 0 rings (SSSR count). The van der Waals surface area contributed by atoms with Crippen LogP contribution in [0.4, 0.5) is 0 Å². The van der Waals surface area contributed by atoms with Gasteiger partial charge in [-0.15, -0.1) is 0 Å². The minimum atomic E-state index is -4.60. The highest BCUT2D eigenvalue weighted by molar-refractivity contribution is 7.45. The highest BCUT2D eigenvalue weighted by Crippen LogP contribution is 2.38. The summed E-state index contributed by atoms with van der Waals surface area (Å²) in [5.41, 5.74) is 0. The van der Waals surface area contributed by atoms with Gasteiger partial charge in [0.05, 0.1) is 39.9 Å². The molecule has 0 radical (unpaired) electrons. The number of carbonyl (C=O) groups is 1. The quantitative estimate of drug-likeness (QED) is 0.0272. The molecule has 0 spiro atoms. The maximum absolute atomic E-state index is 13.0. The standard InChI is InChI=1S/C67H123N2O6P/c1-6-8-10-12-14-16-18-20-22-24-26-28-29-30-31-32-33-34-35-36-37-38-39-41-43-45-47-49-51-53-55-57-59-61-67(71)68-65(64-75-76(72,73)74-63-62-69(3,4)5)66(70)60-58-56-54-52-50-48-46-44-42-40-27-25-23-21-19-17-15-13-11-9-7-2/h8,10,14,16,20,22,26,28,30-31,33-34,58,60,65-66,70H,6-7,9,11-13,15,17-19,21,23-25,27,29,32,35-57,59,61-64H2,1-5H3,(H-,68,71,72,73)/b10-8-,16-14-,22-20-,28-26-,31-30-,34-33-,60-58+. The Hall–Kier alpha value is -2.32. The second-order valence-electron chi connectivity index (χ2n) is 22.7. The third kappa shape index (κ3) is 59.3. The van der Waals surface area contributed by atoms with E-state index in [9.17, 15) is 19.4 Å². The summed E-state index contributed by atoms with van der Waals surface area (Å²) in [5.74, 6) is -0.198. The maximum atomic E-state index is 13.0. The molecule has 0 aromatic rings. The zero-order valence-electron chi connectivity index (χ0n) is 50.4. The smallest absolute Gasteiger partial charge is 0.268 e. The summed E-state index contributed by atoms with van der Waals surface area (Å²) in [5, 5.41) is 13.9. The topological polar surface area (TPSA) is 108 Å². The Morgan fingerprint density at radius 2 is 0.803 bits per heavy atom. The SMILES string of the molecule is CC/C=C\C/C=C\C/C=C\C/C=C\C/C=C\C/C=C\CCCCCCCCCCCCCCCCC(=O)NC(COP(=O)([O-])OCC[N+](C)(C)C)C(O)/C=C/CCCCCCCCCCCCCCCCCCCCC. The predicted molar refractivity (Wildman–Crippen MR) is 330 cm³/mol. The number of hydrogen-bond donors (Lipinski definition) is 2. The lowest BCUT2D eigenvalue weighted by atomic mass is 10.0. The Balaban J connectivity index is 4.12. The number of rotatable bonds is 58. The Bertz CT molecular complexity index is 1510. The summed E-state index contributed by atoms with van der Waals surface area (Å²) >= 11 is 0. The molecule has 0 fully saturated rings. The third-order valence-electron chi connectivity index (χ3n) is 14.1. The molecule has 1 amide bonds. The lowest BCUT2D eigenvalue weighted by Gasteiger charge is -2.29. The molecule has 0 aromatic heterocycles. The zero-order valence-corrected chi connectivity index (χ0v) is 51.3. The molecule has 0 saturated carbocycles. The van der Waals surface area contributed by atoms with Crippen molar-refractivity contribution in [3.8, 4) is 0 Å². The van der Waals surface area contributed by atoms with Gasteiger partial charge in [-0.25, -0.2) is 0 Å². The van der Waals surface area contributed by atoms with E-state index in [2.05, 4.69) is 92.1 Å². The van der Waals surface area contributed by atoms with Crippen LogP contribution in [0.15, 0.2) is 85.1 Å². The normalized spacial score (nSPS) is 14.4. The number of allylic oxidation sites excluding steroid dienone is 13. The van der Waals surface area contributed by atoms with E-state index in [1.54, 1.807) is 6.08 Å². The Labute approximate surface area is 471 Å². The van der Waals surface area contributed by atoms with Crippen molar-refractivity contribution in [2.45, 2.75) is 296 Å². The van der Waals surface area contributed by atoms with Gasteiger partial charge in [-0.1, -0.05) is 292 Å². The highest BCUT2D eigenvalue weighted by atomic mass is 31.2. The van der Waals surface area contributed by atoms with Crippen molar-refractivity contribution in [1.29, 1.82) is 0 Å². The fraction of sp³-hybridized carbons (Fsp3) is 0.776. The number of aliphatic hydroxyl groups excluding tert-OH is 1. The summed E-state index contributed by atoms with van der Waals surface area (Å²) in [6, 6.07) is -0.892. The highest BCUT2D eigenvalue weighted by Gasteiger charge is 2.23. The fourth-order valence-corrected chi connectivity index (χ4v) is 9.88. The van der Waals surface area contributed by atoms with E-state index in [0.717, 1.165) is 77.0 Å². The van der Waals surface area contributed by atoms with Gasteiger partial charge in [0.15, 0.2) is 0 Å². The van der Waals surface area contributed by atoms with E-state index in [4.69, 9.17) is 9.05 Å². The van der Waals surface area contributed by atoms with E-state index in [1.165, 1.54) is 186 Å². The lowest BCUT2D eigenvalue weighted by Crippen LogP contribution is -2.45. The molecule has 76 heavy (non-hydrogen) atoms.